The molecule has 19 heavy (non-hydrogen) atoms. The molecule has 2 fully saturated rings. The third-order valence-corrected chi connectivity index (χ3v) is 5.90. The summed E-state index contributed by atoms with van der Waals surface area (Å²) >= 11 is 6.26. The van der Waals surface area contributed by atoms with Gasteiger partial charge in [0.2, 0.25) is 0 Å². The first-order chi connectivity index (χ1) is 9.15. The molecular formula is C16H31ClN2. The molecule has 2 nitrogen and oxygen atoms in total. The maximum atomic E-state index is 6.26. The number of nitrogens with one attached hydrogen (secondary N) is 1. The van der Waals surface area contributed by atoms with Crippen LogP contribution in [0.15, 0.2) is 0 Å². The van der Waals surface area contributed by atoms with E-state index in [4.69, 9.17) is 11.6 Å². The topological polar surface area (TPSA) is 15.3 Å². The zero-order chi connectivity index (χ0) is 13.7. The molecule has 1 unspecified atom stereocenters. The first kappa shape index (κ1) is 15.6. The molecule has 1 aliphatic heterocycles. The van der Waals surface area contributed by atoms with Gasteiger partial charge in [-0.1, -0.05) is 13.3 Å². The van der Waals surface area contributed by atoms with E-state index in [1.54, 1.807) is 0 Å². The standard InChI is InChI=1S/C16H31ClN2/c1-14-6-9-16(13-17,10-7-14)18-11-8-15-5-3-4-12-19(15)2/h14-15,18H,3-13H2,1-2H3. The first-order valence-electron chi connectivity index (χ1n) is 8.16. The Hall–Kier alpha value is 0.210. The van der Waals surface area contributed by atoms with Crippen molar-refractivity contribution in [2.45, 2.75) is 69.9 Å². The highest BCUT2D eigenvalue weighted by Crippen LogP contribution is 2.32. The second kappa shape index (κ2) is 7.28. The van der Waals surface area contributed by atoms with Gasteiger partial charge in [-0.2, -0.15) is 0 Å². The number of halogens is 1. The van der Waals surface area contributed by atoms with Crippen LogP contribution in [0.25, 0.3) is 0 Å². The van der Waals surface area contributed by atoms with Crippen LogP contribution >= 0.6 is 11.6 Å². The summed E-state index contributed by atoms with van der Waals surface area (Å²) in [6, 6.07) is 0.788. The van der Waals surface area contributed by atoms with Crippen molar-refractivity contribution in [3.63, 3.8) is 0 Å². The lowest BCUT2D eigenvalue weighted by molar-refractivity contribution is 0.163. The van der Waals surface area contributed by atoms with E-state index in [2.05, 4.69) is 24.2 Å². The minimum absolute atomic E-state index is 0.237. The van der Waals surface area contributed by atoms with E-state index in [1.165, 1.54) is 57.9 Å². The summed E-state index contributed by atoms with van der Waals surface area (Å²) in [7, 11) is 2.28. The molecule has 1 aliphatic carbocycles. The summed E-state index contributed by atoms with van der Waals surface area (Å²) in [5.74, 6) is 1.67. The monoisotopic (exact) mass is 286 g/mol. The summed E-state index contributed by atoms with van der Waals surface area (Å²) < 4.78 is 0. The van der Waals surface area contributed by atoms with Gasteiger partial charge in [-0.15, -0.1) is 11.6 Å². The number of likely N-dealkylation sites (tertiary alicyclic amines) is 1. The van der Waals surface area contributed by atoms with Gasteiger partial charge in [0.05, 0.1) is 0 Å². The molecule has 1 saturated carbocycles. The van der Waals surface area contributed by atoms with Crippen molar-refractivity contribution in [3.8, 4) is 0 Å². The smallest absolute Gasteiger partial charge is 0.0406 e. The zero-order valence-electron chi connectivity index (χ0n) is 12.8. The lowest BCUT2D eigenvalue weighted by Gasteiger charge is -2.40. The highest BCUT2D eigenvalue weighted by Gasteiger charge is 2.33. The zero-order valence-corrected chi connectivity index (χ0v) is 13.5. The predicted molar refractivity (Wildman–Crippen MR) is 84.0 cm³/mol. The summed E-state index contributed by atoms with van der Waals surface area (Å²) in [5.41, 5.74) is 0.237. The fourth-order valence-electron chi connectivity index (χ4n) is 3.69. The molecule has 0 aromatic rings. The van der Waals surface area contributed by atoms with Crippen LogP contribution in [-0.4, -0.2) is 42.5 Å². The summed E-state index contributed by atoms with van der Waals surface area (Å²) in [4.78, 5) is 2.54. The molecular weight excluding hydrogens is 256 g/mol. The third kappa shape index (κ3) is 4.34. The fraction of sp³-hybridized carbons (Fsp3) is 1.00. The largest absolute Gasteiger partial charge is 0.310 e. The van der Waals surface area contributed by atoms with Gasteiger partial charge in [0.15, 0.2) is 0 Å². The highest BCUT2D eigenvalue weighted by atomic mass is 35.5. The van der Waals surface area contributed by atoms with Crippen LogP contribution < -0.4 is 5.32 Å². The van der Waals surface area contributed by atoms with Crippen molar-refractivity contribution in [2.24, 2.45) is 5.92 Å². The number of nitrogens with zero attached hydrogens (tertiary/aromatic N) is 1. The van der Waals surface area contributed by atoms with E-state index in [0.29, 0.717) is 0 Å². The number of alkyl halides is 1. The van der Waals surface area contributed by atoms with E-state index in [-0.39, 0.29) is 5.54 Å². The van der Waals surface area contributed by atoms with Crippen LogP contribution in [0, 0.1) is 5.92 Å². The van der Waals surface area contributed by atoms with Gasteiger partial charge < -0.3 is 10.2 Å². The molecule has 1 heterocycles. The molecule has 1 saturated heterocycles. The molecule has 0 aromatic carbocycles. The maximum absolute atomic E-state index is 6.26. The van der Waals surface area contributed by atoms with Crippen LogP contribution in [0.3, 0.4) is 0 Å². The van der Waals surface area contributed by atoms with Crippen LogP contribution in [0.4, 0.5) is 0 Å². The molecule has 0 aromatic heterocycles. The Bertz CT molecular complexity index is 261. The predicted octanol–water partition coefficient (Wildman–Crippen LogP) is 3.64. The SMILES string of the molecule is CC1CCC(CCl)(NCCC2CCCCN2C)CC1. The summed E-state index contributed by atoms with van der Waals surface area (Å²) in [5, 5.41) is 3.81. The molecule has 1 N–H and O–H groups in total. The Morgan fingerprint density at radius 2 is 1.95 bits per heavy atom. The number of rotatable bonds is 5. The molecule has 0 radical (unpaired) electrons. The third-order valence-electron chi connectivity index (χ3n) is 5.39. The van der Waals surface area contributed by atoms with Crippen molar-refractivity contribution in [1.82, 2.24) is 10.2 Å². The number of piperidine rings is 1. The second-order valence-corrected chi connectivity index (χ2v) is 7.21. The molecule has 2 rings (SSSR count). The molecule has 0 spiro atoms. The van der Waals surface area contributed by atoms with Crippen molar-refractivity contribution >= 4 is 11.6 Å². The quantitative estimate of drug-likeness (QED) is 0.776. The van der Waals surface area contributed by atoms with Crippen molar-refractivity contribution in [1.29, 1.82) is 0 Å². The van der Waals surface area contributed by atoms with Crippen LogP contribution in [0.5, 0.6) is 0 Å². The molecule has 0 amide bonds. The van der Waals surface area contributed by atoms with Gasteiger partial charge >= 0.3 is 0 Å². The lowest BCUT2D eigenvalue weighted by atomic mass is 9.78. The number of hydrogen-bond donors (Lipinski definition) is 1. The van der Waals surface area contributed by atoms with Gasteiger partial charge in [-0.3, -0.25) is 0 Å². The normalized spacial score (nSPS) is 37.4. The van der Waals surface area contributed by atoms with E-state index in [9.17, 15) is 0 Å². The Morgan fingerprint density at radius 1 is 1.21 bits per heavy atom. The van der Waals surface area contributed by atoms with Gasteiger partial charge in [0, 0.05) is 17.5 Å². The average molecular weight is 287 g/mol. The van der Waals surface area contributed by atoms with E-state index in [0.717, 1.165) is 24.4 Å². The van der Waals surface area contributed by atoms with E-state index in [1.807, 2.05) is 0 Å². The number of hydrogen-bond acceptors (Lipinski definition) is 2. The highest BCUT2D eigenvalue weighted by molar-refractivity contribution is 6.18. The van der Waals surface area contributed by atoms with Gasteiger partial charge in [-0.25, -0.2) is 0 Å². The first-order valence-corrected chi connectivity index (χ1v) is 8.70. The lowest BCUT2D eigenvalue weighted by Crippen LogP contribution is -2.51. The van der Waals surface area contributed by atoms with Crippen LogP contribution in [0.1, 0.15) is 58.3 Å². The van der Waals surface area contributed by atoms with Crippen molar-refractivity contribution in [2.75, 3.05) is 26.0 Å². The van der Waals surface area contributed by atoms with Gasteiger partial charge in [0.25, 0.3) is 0 Å². The minimum atomic E-state index is 0.237. The van der Waals surface area contributed by atoms with Crippen molar-refractivity contribution < 1.29 is 0 Å². The molecule has 0 bridgehead atoms. The second-order valence-electron chi connectivity index (χ2n) is 6.94. The van der Waals surface area contributed by atoms with Crippen LogP contribution in [-0.2, 0) is 0 Å². The summed E-state index contributed by atoms with van der Waals surface area (Å²) in [6.07, 6.45) is 10.6. The minimum Gasteiger partial charge on any atom is -0.310 e. The molecule has 2 aliphatic rings. The molecule has 112 valence electrons. The van der Waals surface area contributed by atoms with E-state index >= 15 is 0 Å². The maximum Gasteiger partial charge on any atom is 0.0406 e. The Labute approximate surface area is 124 Å². The fourth-order valence-corrected chi connectivity index (χ4v) is 4.05. The van der Waals surface area contributed by atoms with Gasteiger partial charge in [0.1, 0.15) is 0 Å². The molecule has 1 atom stereocenters. The van der Waals surface area contributed by atoms with Gasteiger partial charge in [-0.05, 0) is 71.0 Å². The Morgan fingerprint density at radius 3 is 2.58 bits per heavy atom. The Balaban J connectivity index is 1.73. The van der Waals surface area contributed by atoms with E-state index < -0.39 is 0 Å². The van der Waals surface area contributed by atoms with Crippen molar-refractivity contribution in [3.05, 3.63) is 0 Å². The Kier molecular flexibility index (Phi) is 5.98. The summed E-state index contributed by atoms with van der Waals surface area (Å²) in [6.45, 7) is 4.79. The average Bonchev–Trinajstić information content (AvgIpc) is 2.44. The van der Waals surface area contributed by atoms with Crippen LogP contribution in [0.2, 0.25) is 0 Å². The molecule has 3 heteroatoms.